The molecule has 0 radical (unpaired) electrons. The van der Waals surface area contributed by atoms with Crippen LogP contribution in [0, 0.1) is 5.92 Å². The third kappa shape index (κ3) is 12.1. The maximum Gasteiger partial charge on any atom is 0.0596 e. The van der Waals surface area contributed by atoms with E-state index in [0.29, 0.717) is 12.0 Å². The minimum absolute atomic E-state index is 0.216. The second kappa shape index (κ2) is 8.06. The standard InChI is InChI=1S/C14H32N2O/c1-12(2)17-9-8-16(7)11-13(3)10-15-14(4,5)6/h12-13,15H,8-11H2,1-7H3. The smallest absolute Gasteiger partial charge is 0.0596 e. The summed E-state index contributed by atoms with van der Waals surface area (Å²) in [7, 11) is 2.16. The molecule has 0 aliphatic rings. The minimum Gasteiger partial charge on any atom is -0.377 e. The molecule has 0 bridgehead atoms. The third-order valence-corrected chi connectivity index (χ3v) is 2.53. The molecule has 0 aromatic carbocycles. The molecule has 104 valence electrons. The first-order valence-electron chi connectivity index (χ1n) is 6.76. The predicted octanol–water partition coefficient (Wildman–Crippen LogP) is 2.37. The van der Waals surface area contributed by atoms with E-state index in [2.05, 4.69) is 58.8 Å². The zero-order valence-corrected chi connectivity index (χ0v) is 12.8. The van der Waals surface area contributed by atoms with E-state index in [9.17, 15) is 0 Å². The predicted molar refractivity (Wildman–Crippen MR) is 75.5 cm³/mol. The highest BCUT2D eigenvalue weighted by Gasteiger charge is 2.12. The van der Waals surface area contributed by atoms with Crippen molar-refractivity contribution in [3.05, 3.63) is 0 Å². The summed E-state index contributed by atoms with van der Waals surface area (Å²) in [4.78, 5) is 2.34. The molecule has 3 nitrogen and oxygen atoms in total. The van der Waals surface area contributed by atoms with E-state index >= 15 is 0 Å². The molecule has 0 aromatic rings. The summed E-state index contributed by atoms with van der Waals surface area (Å²) in [5, 5.41) is 3.54. The van der Waals surface area contributed by atoms with E-state index < -0.39 is 0 Å². The van der Waals surface area contributed by atoms with Crippen molar-refractivity contribution in [2.24, 2.45) is 5.92 Å². The highest BCUT2D eigenvalue weighted by atomic mass is 16.5. The van der Waals surface area contributed by atoms with Gasteiger partial charge in [-0.15, -0.1) is 0 Å². The fourth-order valence-electron chi connectivity index (χ4n) is 1.61. The summed E-state index contributed by atoms with van der Waals surface area (Å²) in [6.07, 6.45) is 0.336. The largest absolute Gasteiger partial charge is 0.377 e. The summed E-state index contributed by atoms with van der Waals surface area (Å²) in [5.74, 6) is 0.665. The summed E-state index contributed by atoms with van der Waals surface area (Å²) in [5.41, 5.74) is 0.216. The molecule has 1 atom stereocenters. The van der Waals surface area contributed by atoms with Crippen molar-refractivity contribution in [3.63, 3.8) is 0 Å². The van der Waals surface area contributed by atoms with Gasteiger partial charge in [0.15, 0.2) is 0 Å². The van der Waals surface area contributed by atoms with Crippen LogP contribution in [0.5, 0.6) is 0 Å². The molecule has 0 rings (SSSR count). The maximum absolute atomic E-state index is 5.55. The Balaban J connectivity index is 3.62. The van der Waals surface area contributed by atoms with Crippen LogP contribution in [-0.4, -0.2) is 49.8 Å². The lowest BCUT2D eigenvalue weighted by Gasteiger charge is -2.26. The number of hydrogen-bond acceptors (Lipinski definition) is 3. The van der Waals surface area contributed by atoms with Crippen LogP contribution in [0.1, 0.15) is 41.5 Å². The van der Waals surface area contributed by atoms with E-state index in [-0.39, 0.29) is 5.54 Å². The van der Waals surface area contributed by atoms with Crippen LogP contribution in [0.2, 0.25) is 0 Å². The van der Waals surface area contributed by atoms with Gasteiger partial charge in [-0.05, 0) is 54.1 Å². The molecule has 0 saturated heterocycles. The highest BCUT2D eigenvalue weighted by Crippen LogP contribution is 2.02. The van der Waals surface area contributed by atoms with Gasteiger partial charge in [0.1, 0.15) is 0 Å². The average molecular weight is 244 g/mol. The first-order chi connectivity index (χ1) is 7.70. The first kappa shape index (κ1) is 16.9. The Hall–Kier alpha value is -0.120. The second-order valence-corrected chi connectivity index (χ2v) is 6.42. The Bertz CT molecular complexity index is 187. The Morgan fingerprint density at radius 2 is 1.76 bits per heavy atom. The van der Waals surface area contributed by atoms with Gasteiger partial charge >= 0.3 is 0 Å². The molecule has 0 saturated carbocycles. The minimum atomic E-state index is 0.216. The lowest BCUT2D eigenvalue weighted by Crippen LogP contribution is -2.41. The maximum atomic E-state index is 5.55. The summed E-state index contributed by atoms with van der Waals surface area (Å²) in [6, 6.07) is 0. The Morgan fingerprint density at radius 1 is 1.18 bits per heavy atom. The van der Waals surface area contributed by atoms with Crippen LogP contribution in [0.15, 0.2) is 0 Å². The molecule has 3 heteroatoms. The number of likely N-dealkylation sites (N-methyl/N-ethyl adjacent to an activating group) is 1. The molecule has 0 fully saturated rings. The molecule has 1 N–H and O–H groups in total. The summed E-state index contributed by atoms with van der Waals surface area (Å²) < 4.78 is 5.55. The van der Waals surface area contributed by atoms with Crippen LogP contribution in [0.4, 0.5) is 0 Å². The Kier molecular flexibility index (Phi) is 8.01. The molecule has 0 spiro atoms. The van der Waals surface area contributed by atoms with Crippen molar-refractivity contribution < 1.29 is 4.74 Å². The van der Waals surface area contributed by atoms with Gasteiger partial charge in [-0.1, -0.05) is 6.92 Å². The van der Waals surface area contributed by atoms with Crippen LogP contribution >= 0.6 is 0 Å². The molecular weight excluding hydrogens is 212 g/mol. The van der Waals surface area contributed by atoms with E-state index in [4.69, 9.17) is 4.74 Å². The third-order valence-electron chi connectivity index (χ3n) is 2.53. The molecule has 0 aliphatic heterocycles. The summed E-state index contributed by atoms with van der Waals surface area (Å²) in [6.45, 7) is 17.1. The number of nitrogens with one attached hydrogen (secondary N) is 1. The number of ether oxygens (including phenoxy) is 1. The lowest BCUT2D eigenvalue weighted by molar-refractivity contribution is 0.0615. The monoisotopic (exact) mass is 244 g/mol. The van der Waals surface area contributed by atoms with Crippen molar-refractivity contribution in [3.8, 4) is 0 Å². The zero-order chi connectivity index (χ0) is 13.5. The SMILES string of the molecule is CC(CNC(C)(C)C)CN(C)CCOC(C)C. The molecule has 17 heavy (non-hydrogen) atoms. The van der Waals surface area contributed by atoms with Crippen LogP contribution < -0.4 is 5.32 Å². The molecule has 0 aliphatic carbocycles. The average Bonchev–Trinajstić information content (AvgIpc) is 2.13. The first-order valence-corrected chi connectivity index (χ1v) is 6.76. The topological polar surface area (TPSA) is 24.5 Å². The van der Waals surface area contributed by atoms with Gasteiger partial charge in [0.05, 0.1) is 12.7 Å². The van der Waals surface area contributed by atoms with E-state index in [1.165, 1.54) is 0 Å². The van der Waals surface area contributed by atoms with Crippen molar-refractivity contribution >= 4 is 0 Å². The van der Waals surface area contributed by atoms with Crippen LogP contribution in [0.25, 0.3) is 0 Å². The van der Waals surface area contributed by atoms with Crippen molar-refractivity contribution in [1.29, 1.82) is 0 Å². The molecule has 0 aromatic heterocycles. The quantitative estimate of drug-likeness (QED) is 0.709. The van der Waals surface area contributed by atoms with Crippen LogP contribution in [0.3, 0.4) is 0 Å². The van der Waals surface area contributed by atoms with E-state index in [1.807, 2.05) is 0 Å². The van der Waals surface area contributed by atoms with Gasteiger partial charge < -0.3 is 15.0 Å². The van der Waals surface area contributed by atoms with Gasteiger partial charge in [0.25, 0.3) is 0 Å². The van der Waals surface area contributed by atoms with Gasteiger partial charge in [-0.25, -0.2) is 0 Å². The normalized spacial score (nSPS) is 14.6. The fourth-order valence-corrected chi connectivity index (χ4v) is 1.61. The fraction of sp³-hybridized carbons (Fsp3) is 1.00. The van der Waals surface area contributed by atoms with E-state index in [1.54, 1.807) is 0 Å². The highest BCUT2D eigenvalue weighted by molar-refractivity contribution is 4.72. The molecule has 0 heterocycles. The molecular formula is C14H32N2O. The second-order valence-electron chi connectivity index (χ2n) is 6.42. The van der Waals surface area contributed by atoms with Gasteiger partial charge in [-0.2, -0.15) is 0 Å². The van der Waals surface area contributed by atoms with Gasteiger partial charge in [0, 0.05) is 18.6 Å². The Labute approximate surface area is 108 Å². The van der Waals surface area contributed by atoms with Gasteiger partial charge in [-0.3, -0.25) is 0 Å². The van der Waals surface area contributed by atoms with Crippen LogP contribution in [-0.2, 0) is 4.74 Å². The summed E-state index contributed by atoms with van der Waals surface area (Å²) >= 11 is 0. The number of nitrogens with zero attached hydrogens (tertiary/aromatic N) is 1. The van der Waals surface area contributed by atoms with Crippen molar-refractivity contribution in [1.82, 2.24) is 10.2 Å². The number of rotatable bonds is 8. The zero-order valence-electron chi connectivity index (χ0n) is 12.8. The van der Waals surface area contributed by atoms with E-state index in [0.717, 1.165) is 26.2 Å². The molecule has 0 amide bonds. The molecule has 1 unspecified atom stereocenters. The lowest BCUT2D eigenvalue weighted by atomic mass is 10.1. The number of hydrogen-bond donors (Lipinski definition) is 1. The van der Waals surface area contributed by atoms with Crippen molar-refractivity contribution in [2.45, 2.75) is 53.2 Å². The van der Waals surface area contributed by atoms with Gasteiger partial charge in [0.2, 0.25) is 0 Å². The van der Waals surface area contributed by atoms with Crippen molar-refractivity contribution in [2.75, 3.05) is 33.3 Å². The Morgan fingerprint density at radius 3 is 2.24 bits per heavy atom.